The van der Waals surface area contributed by atoms with E-state index in [4.69, 9.17) is 14.2 Å². The second kappa shape index (κ2) is 10.7. The zero-order valence-electron chi connectivity index (χ0n) is 18.9. The lowest BCUT2D eigenvalue weighted by Gasteiger charge is -2.32. The average molecular weight is 473 g/mol. The minimum Gasteiger partial charge on any atom is -0.469 e. The Kier molecular flexibility index (Phi) is 8.02. The van der Waals surface area contributed by atoms with Gasteiger partial charge in [0, 0.05) is 28.7 Å². The van der Waals surface area contributed by atoms with E-state index in [-0.39, 0.29) is 31.8 Å². The zero-order valence-corrected chi connectivity index (χ0v) is 19.8. The van der Waals surface area contributed by atoms with Crippen molar-refractivity contribution in [2.24, 2.45) is 17.3 Å². The molecule has 3 atom stereocenters. The number of benzene rings is 1. The molecule has 0 spiro atoms. The topological polar surface area (TPSA) is 96.0 Å². The molecule has 1 aliphatic carbocycles. The van der Waals surface area contributed by atoms with Gasteiger partial charge in [0.1, 0.15) is 0 Å². The van der Waals surface area contributed by atoms with Crippen LogP contribution in [0.5, 0.6) is 0 Å². The summed E-state index contributed by atoms with van der Waals surface area (Å²) in [5.74, 6) is -4.50. The first kappa shape index (κ1) is 24.6. The fourth-order valence-corrected chi connectivity index (χ4v) is 5.78. The normalized spacial score (nSPS) is 21.2. The molecule has 3 rings (SSSR count). The number of Topliss-reactive ketones (excluding diaryl/α,β-unsaturated/α-hetero) is 1. The number of thiophene rings is 1. The highest BCUT2D eigenvalue weighted by atomic mass is 32.1. The van der Waals surface area contributed by atoms with Crippen LogP contribution in [0.2, 0.25) is 0 Å². The molecule has 1 aromatic heterocycles. The van der Waals surface area contributed by atoms with Gasteiger partial charge in [0.2, 0.25) is 0 Å². The first-order valence-electron chi connectivity index (χ1n) is 10.9. The van der Waals surface area contributed by atoms with Crippen molar-refractivity contribution < 1.29 is 33.4 Å². The molecule has 7 nitrogen and oxygen atoms in total. The predicted octanol–water partition coefficient (Wildman–Crippen LogP) is 4.03. The van der Waals surface area contributed by atoms with Crippen LogP contribution in [-0.2, 0) is 28.6 Å². The molecule has 0 saturated heterocycles. The van der Waals surface area contributed by atoms with Crippen LogP contribution in [0.1, 0.15) is 47.8 Å². The second-order valence-electron chi connectivity index (χ2n) is 7.91. The summed E-state index contributed by atoms with van der Waals surface area (Å²) in [7, 11) is 1.27. The van der Waals surface area contributed by atoms with Crippen LogP contribution in [0.3, 0.4) is 0 Å². The first-order valence-corrected chi connectivity index (χ1v) is 11.8. The van der Waals surface area contributed by atoms with Crippen LogP contribution in [-0.4, -0.2) is 44.0 Å². The van der Waals surface area contributed by atoms with E-state index >= 15 is 0 Å². The van der Waals surface area contributed by atoms with Crippen LogP contribution >= 0.6 is 11.3 Å². The molecule has 2 aromatic rings. The van der Waals surface area contributed by atoms with Crippen LogP contribution in [0, 0.1) is 17.3 Å². The Hall–Kier alpha value is -3.00. The van der Waals surface area contributed by atoms with E-state index in [2.05, 4.69) is 0 Å². The number of rotatable bonds is 9. The van der Waals surface area contributed by atoms with Crippen LogP contribution in [0.15, 0.2) is 47.8 Å². The molecule has 0 amide bonds. The molecule has 1 aromatic carbocycles. The van der Waals surface area contributed by atoms with Crippen molar-refractivity contribution in [3.05, 3.63) is 58.3 Å². The number of esters is 3. The summed E-state index contributed by atoms with van der Waals surface area (Å²) < 4.78 is 15.6. The number of ketones is 1. The van der Waals surface area contributed by atoms with Crippen molar-refractivity contribution in [2.75, 3.05) is 20.3 Å². The number of hydrogen-bond acceptors (Lipinski definition) is 8. The monoisotopic (exact) mass is 472 g/mol. The van der Waals surface area contributed by atoms with Crippen molar-refractivity contribution in [2.45, 2.75) is 32.6 Å². The highest BCUT2D eigenvalue weighted by Crippen LogP contribution is 2.59. The molecule has 1 heterocycles. The molecule has 0 aliphatic heterocycles. The van der Waals surface area contributed by atoms with Gasteiger partial charge in [0.25, 0.3) is 0 Å². The van der Waals surface area contributed by atoms with Crippen LogP contribution in [0.4, 0.5) is 0 Å². The minimum absolute atomic E-state index is 0.0500. The summed E-state index contributed by atoms with van der Waals surface area (Å²) in [6.45, 7) is 3.45. The number of methoxy groups -OCH3 is 1. The molecule has 1 fully saturated rings. The summed E-state index contributed by atoms with van der Waals surface area (Å²) in [6.07, 6.45) is -0.159. The molecule has 1 aliphatic rings. The fourth-order valence-electron chi connectivity index (χ4n) is 4.81. The van der Waals surface area contributed by atoms with Crippen molar-refractivity contribution in [3.8, 4) is 0 Å². The van der Waals surface area contributed by atoms with Gasteiger partial charge >= 0.3 is 17.9 Å². The summed E-state index contributed by atoms with van der Waals surface area (Å²) >= 11 is 1.35. The van der Waals surface area contributed by atoms with Gasteiger partial charge in [0.05, 0.1) is 20.3 Å². The van der Waals surface area contributed by atoms with E-state index in [1.54, 1.807) is 56.3 Å². The Morgan fingerprint density at radius 1 is 0.970 bits per heavy atom. The number of carbonyl (C=O) groups excluding carboxylic acids is 4. The van der Waals surface area contributed by atoms with Gasteiger partial charge in [0.15, 0.2) is 11.2 Å². The summed E-state index contributed by atoms with van der Waals surface area (Å²) in [6, 6.07) is 12.3. The lowest BCUT2D eigenvalue weighted by atomic mass is 9.72. The largest absolute Gasteiger partial charge is 0.469 e. The lowest BCUT2D eigenvalue weighted by Crippen LogP contribution is -2.45. The van der Waals surface area contributed by atoms with Crippen molar-refractivity contribution in [1.29, 1.82) is 0 Å². The standard InChI is InChI=1S/C25H28O7S/c1-4-31-23(28)25(24(29)32-5-2)15-17(14-19(26)30-3)20(21(25)18-12-9-13-33-18)22(27)16-10-7-6-8-11-16/h6-13,17,20-21H,4-5,14-15H2,1-3H3/t17-,20+,21+/m0/s1. The van der Waals surface area contributed by atoms with Gasteiger partial charge < -0.3 is 14.2 Å². The predicted molar refractivity (Wildman–Crippen MR) is 122 cm³/mol. The van der Waals surface area contributed by atoms with E-state index in [1.165, 1.54) is 18.4 Å². The minimum atomic E-state index is -1.75. The summed E-state index contributed by atoms with van der Waals surface area (Å²) in [5, 5.41) is 1.83. The third kappa shape index (κ3) is 4.71. The molecule has 33 heavy (non-hydrogen) atoms. The van der Waals surface area contributed by atoms with Crippen molar-refractivity contribution in [1.82, 2.24) is 0 Å². The SMILES string of the molecule is CCOC(=O)C1(C(=O)OCC)C[C@H](CC(=O)OC)[C@@H](C(=O)c2ccccc2)[C@H]1c1cccs1. The molecule has 0 unspecified atom stereocenters. The third-order valence-corrected chi connectivity index (χ3v) is 7.08. The Bertz CT molecular complexity index is 965. The van der Waals surface area contributed by atoms with E-state index in [1.807, 2.05) is 5.38 Å². The lowest BCUT2D eigenvalue weighted by molar-refractivity contribution is -0.173. The Morgan fingerprint density at radius 3 is 2.12 bits per heavy atom. The fraction of sp³-hybridized carbons (Fsp3) is 0.440. The molecule has 8 heteroatoms. The van der Waals surface area contributed by atoms with Crippen LogP contribution < -0.4 is 0 Å². The number of hydrogen-bond donors (Lipinski definition) is 0. The molecule has 1 saturated carbocycles. The van der Waals surface area contributed by atoms with Crippen LogP contribution in [0.25, 0.3) is 0 Å². The van der Waals surface area contributed by atoms with Gasteiger partial charge in [-0.2, -0.15) is 0 Å². The van der Waals surface area contributed by atoms with Gasteiger partial charge in [-0.3, -0.25) is 19.2 Å². The maximum atomic E-state index is 13.8. The van der Waals surface area contributed by atoms with Gasteiger partial charge in [-0.25, -0.2) is 0 Å². The van der Waals surface area contributed by atoms with Crippen molar-refractivity contribution >= 4 is 35.0 Å². The van der Waals surface area contributed by atoms with Gasteiger partial charge in [-0.1, -0.05) is 36.4 Å². The van der Waals surface area contributed by atoms with Gasteiger partial charge in [-0.15, -0.1) is 11.3 Å². The molecule has 176 valence electrons. The summed E-state index contributed by atoms with van der Waals surface area (Å²) in [4.78, 5) is 53.7. The number of ether oxygens (including phenoxy) is 3. The quantitative estimate of drug-likeness (QED) is 0.235. The van der Waals surface area contributed by atoms with E-state index in [9.17, 15) is 19.2 Å². The Labute approximate surface area is 197 Å². The van der Waals surface area contributed by atoms with Gasteiger partial charge in [-0.05, 0) is 37.6 Å². The highest BCUT2D eigenvalue weighted by molar-refractivity contribution is 7.10. The smallest absolute Gasteiger partial charge is 0.324 e. The molecular weight excluding hydrogens is 444 g/mol. The molecule has 0 radical (unpaired) electrons. The summed E-state index contributed by atoms with van der Waals surface area (Å²) in [5.41, 5.74) is -1.30. The van der Waals surface area contributed by atoms with E-state index in [0.29, 0.717) is 10.4 Å². The number of carbonyl (C=O) groups is 4. The molecule has 0 N–H and O–H groups in total. The zero-order chi connectivity index (χ0) is 24.0. The first-order chi connectivity index (χ1) is 15.9. The van der Waals surface area contributed by atoms with Crippen molar-refractivity contribution in [3.63, 3.8) is 0 Å². The third-order valence-electron chi connectivity index (χ3n) is 6.13. The van der Waals surface area contributed by atoms with E-state index < -0.39 is 41.1 Å². The Morgan fingerprint density at radius 2 is 1.61 bits per heavy atom. The second-order valence-corrected chi connectivity index (χ2v) is 8.89. The Balaban J connectivity index is 2.23. The highest BCUT2D eigenvalue weighted by Gasteiger charge is 2.66. The average Bonchev–Trinajstić information content (AvgIpc) is 3.46. The molecular formula is C25H28O7S. The molecule has 0 bridgehead atoms. The maximum absolute atomic E-state index is 13.8. The maximum Gasteiger partial charge on any atom is 0.324 e. The van der Waals surface area contributed by atoms with E-state index in [0.717, 1.165) is 0 Å².